The van der Waals surface area contributed by atoms with Crippen LogP contribution in [-0.2, 0) is 6.54 Å². The Kier molecular flexibility index (Phi) is 1.65. The first-order valence-corrected chi connectivity index (χ1v) is 4.09. The zero-order valence-electron chi connectivity index (χ0n) is 7.45. The van der Waals surface area contributed by atoms with Crippen LogP contribution in [0.1, 0.15) is 21.5 Å². The largest absolute Gasteiger partial charge is 0.337 e. The Labute approximate surface area is 76.7 Å². The van der Waals surface area contributed by atoms with E-state index in [0.29, 0.717) is 6.54 Å². The van der Waals surface area contributed by atoms with Gasteiger partial charge in [0.25, 0.3) is 5.91 Å². The number of aromatic nitrogens is 1. The number of fused-ring (bicyclic) bond motifs is 1. The summed E-state index contributed by atoms with van der Waals surface area (Å²) in [6, 6.07) is 0. The van der Waals surface area contributed by atoms with Crippen molar-refractivity contribution < 1.29 is 4.79 Å². The lowest BCUT2D eigenvalue weighted by molar-refractivity contribution is 0.0816. The van der Waals surface area contributed by atoms with Crippen LogP contribution in [0.4, 0.5) is 0 Å². The zero-order valence-corrected chi connectivity index (χ0v) is 7.45. The van der Waals surface area contributed by atoms with Gasteiger partial charge in [0.2, 0.25) is 0 Å². The molecular formula is C10H10N2O. The Balaban J connectivity index is 2.64. The van der Waals surface area contributed by atoms with E-state index in [1.54, 1.807) is 30.4 Å². The molecule has 1 aromatic heterocycles. The fourth-order valence-corrected chi connectivity index (χ4v) is 1.58. The summed E-state index contributed by atoms with van der Waals surface area (Å²) in [5.41, 5.74) is 2.57. The lowest BCUT2D eigenvalue weighted by atomic mass is 10.1. The van der Waals surface area contributed by atoms with Gasteiger partial charge in [-0.1, -0.05) is 12.7 Å². The molecule has 0 saturated carbocycles. The van der Waals surface area contributed by atoms with Crippen LogP contribution in [0.25, 0.3) is 6.08 Å². The number of nitrogens with zero attached hydrogens (tertiary/aromatic N) is 2. The van der Waals surface area contributed by atoms with Crippen LogP contribution in [0.5, 0.6) is 0 Å². The smallest absolute Gasteiger partial charge is 0.254 e. The first kappa shape index (κ1) is 7.98. The maximum Gasteiger partial charge on any atom is 0.254 e. The summed E-state index contributed by atoms with van der Waals surface area (Å²) in [6.45, 7) is 4.31. The quantitative estimate of drug-likeness (QED) is 0.643. The molecule has 1 amide bonds. The minimum absolute atomic E-state index is 0.0623. The third-order valence-electron chi connectivity index (χ3n) is 2.24. The Hall–Kier alpha value is -1.64. The maximum atomic E-state index is 11.6. The van der Waals surface area contributed by atoms with Gasteiger partial charge in [-0.2, -0.15) is 0 Å². The Morgan fingerprint density at radius 3 is 3.08 bits per heavy atom. The lowest BCUT2D eigenvalue weighted by Gasteiger charge is -2.05. The van der Waals surface area contributed by atoms with Gasteiger partial charge in [-0.05, 0) is 0 Å². The molecule has 1 aliphatic heterocycles. The first-order chi connectivity index (χ1) is 6.24. The summed E-state index contributed by atoms with van der Waals surface area (Å²) in [5.74, 6) is 0.0623. The molecule has 2 rings (SSSR count). The van der Waals surface area contributed by atoms with Crippen molar-refractivity contribution in [2.45, 2.75) is 6.54 Å². The van der Waals surface area contributed by atoms with Gasteiger partial charge >= 0.3 is 0 Å². The molecule has 2 heterocycles. The van der Waals surface area contributed by atoms with Gasteiger partial charge in [0.1, 0.15) is 0 Å². The number of amides is 1. The Morgan fingerprint density at radius 1 is 1.62 bits per heavy atom. The van der Waals surface area contributed by atoms with Gasteiger partial charge in [0.05, 0.1) is 5.56 Å². The van der Waals surface area contributed by atoms with Crippen molar-refractivity contribution in [2.75, 3.05) is 7.05 Å². The third-order valence-corrected chi connectivity index (χ3v) is 2.24. The molecule has 0 N–H and O–H groups in total. The normalized spacial score (nSPS) is 14.5. The highest BCUT2D eigenvalue weighted by atomic mass is 16.2. The van der Waals surface area contributed by atoms with Crippen molar-refractivity contribution >= 4 is 12.0 Å². The van der Waals surface area contributed by atoms with E-state index in [1.807, 2.05) is 0 Å². The molecule has 0 radical (unpaired) electrons. The molecule has 0 atom stereocenters. The predicted molar refractivity (Wildman–Crippen MR) is 50.1 cm³/mol. The summed E-state index contributed by atoms with van der Waals surface area (Å²) in [5, 5.41) is 0. The van der Waals surface area contributed by atoms with Crippen molar-refractivity contribution in [2.24, 2.45) is 0 Å². The van der Waals surface area contributed by atoms with E-state index in [4.69, 9.17) is 0 Å². The van der Waals surface area contributed by atoms with Crippen LogP contribution in [0.15, 0.2) is 19.0 Å². The topological polar surface area (TPSA) is 33.2 Å². The highest BCUT2D eigenvalue weighted by molar-refractivity contribution is 6.01. The van der Waals surface area contributed by atoms with Gasteiger partial charge in [0.15, 0.2) is 0 Å². The molecule has 3 nitrogen and oxygen atoms in total. The molecule has 0 bridgehead atoms. The van der Waals surface area contributed by atoms with Crippen LogP contribution >= 0.6 is 0 Å². The van der Waals surface area contributed by atoms with E-state index >= 15 is 0 Å². The average Bonchev–Trinajstić information content (AvgIpc) is 2.43. The fourth-order valence-electron chi connectivity index (χ4n) is 1.58. The number of carbonyl (C=O) groups excluding carboxylic acids is 1. The number of hydrogen-bond acceptors (Lipinski definition) is 2. The lowest BCUT2D eigenvalue weighted by Crippen LogP contribution is -2.17. The highest BCUT2D eigenvalue weighted by Gasteiger charge is 2.26. The summed E-state index contributed by atoms with van der Waals surface area (Å²) in [6.07, 6.45) is 5.08. The molecule has 13 heavy (non-hydrogen) atoms. The van der Waals surface area contributed by atoms with Crippen molar-refractivity contribution in [3.8, 4) is 0 Å². The number of rotatable bonds is 1. The molecule has 0 aliphatic carbocycles. The van der Waals surface area contributed by atoms with Crippen molar-refractivity contribution in [1.82, 2.24) is 9.88 Å². The fraction of sp³-hybridized carbons (Fsp3) is 0.200. The monoisotopic (exact) mass is 174 g/mol. The second-order valence-corrected chi connectivity index (χ2v) is 3.13. The maximum absolute atomic E-state index is 11.6. The van der Waals surface area contributed by atoms with Crippen molar-refractivity contribution in [3.05, 3.63) is 35.7 Å². The van der Waals surface area contributed by atoms with Crippen LogP contribution in [-0.4, -0.2) is 22.8 Å². The minimum atomic E-state index is 0.0623. The average molecular weight is 174 g/mol. The van der Waals surface area contributed by atoms with Crippen molar-refractivity contribution in [1.29, 1.82) is 0 Å². The zero-order chi connectivity index (χ0) is 9.42. The number of pyridine rings is 1. The number of hydrogen-bond donors (Lipinski definition) is 0. The molecule has 0 fully saturated rings. The third kappa shape index (κ3) is 1.04. The molecular weight excluding hydrogens is 164 g/mol. The van der Waals surface area contributed by atoms with Crippen LogP contribution in [0, 0.1) is 0 Å². The second kappa shape index (κ2) is 2.69. The number of carbonyl (C=O) groups is 1. The summed E-state index contributed by atoms with van der Waals surface area (Å²) >= 11 is 0. The first-order valence-electron chi connectivity index (χ1n) is 4.09. The molecule has 66 valence electrons. The SMILES string of the molecule is C=Cc1cncc2c1C(=O)N(C)C2. The van der Waals surface area contributed by atoms with E-state index in [1.165, 1.54) is 0 Å². The molecule has 0 aromatic carbocycles. The minimum Gasteiger partial charge on any atom is -0.337 e. The van der Waals surface area contributed by atoms with E-state index < -0.39 is 0 Å². The Bertz CT molecular complexity index is 385. The molecule has 0 saturated heterocycles. The highest BCUT2D eigenvalue weighted by Crippen LogP contribution is 2.23. The van der Waals surface area contributed by atoms with Gasteiger partial charge < -0.3 is 4.90 Å². The molecule has 0 unspecified atom stereocenters. The van der Waals surface area contributed by atoms with Crippen LogP contribution in [0.3, 0.4) is 0 Å². The van der Waals surface area contributed by atoms with Crippen LogP contribution < -0.4 is 0 Å². The summed E-state index contributed by atoms with van der Waals surface area (Å²) < 4.78 is 0. The Morgan fingerprint density at radius 2 is 2.38 bits per heavy atom. The predicted octanol–water partition coefficient (Wildman–Crippen LogP) is 1.31. The van der Waals surface area contributed by atoms with Crippen molar-refractivity contribution in [3.63, 3.8) is 0 Å². The standard InChI is InChI=1S/C10H10N2O/c1-3-7-4-11-5-8-6-12(2)10(13)9(7)8/h3-5H,1,6H2,2H3. The molecule has 3 heteroatoms. The summed E-state index contributed by atoms with van der Waals surface area (Å²) in [7, 11) is 1.79. The van der Waals surface area contributed by atoms with E-state index in [0.717, 1.165) is 16.7 Å². The van der Waals surface area contributed by atoms with Gasteiger partial charge in [-0.25, -0.2) is 0 Å². The van der Waals surface area contributed by atoms with E-state index in [9.17, 15) is 4.79 Å². The van der Waals surface area contributed by atoms with E-state index in [2.05, 4.69) is 11.6 Å². The second-order valence-electron chi connectivity index (χ2n) is 3.13. The van der Waals surface area contributed by atoms with Gasteiger partial charge in [0, 0.05) is 37.1 Å². The van der Waals surface area contributed by atoms with Crippen LogP contribution in [0.2, 0.25) is 0 Å². The molecule has 1 aromatic rings. The van der Waals surface area contributed by atoms with E-state index in [-0.39, 0.29) is 5.91 Å². The molecule has 1 aliphatic rings. The molecule has 0 spiro atoms. The summed E-state index contributed by atoms with van der Waals surface area (Å²) in [4.78, 5) is 17.4. The van der Waals surface area contributed by atoms with Gasteiger partial charge in [-0.15, -0.1) is 0 Å². The van der Waals surface area contributed by atoms with Gasteiger partial charge in [-0.3, -0.25) is 9.78 Å².